The van der Waals surface area contributed by atoms with E-state index in [-0.39, 0.29) is 11.9 Å². The molecule has 3 nitrogen and oxygen atoms in total. The molecule has 19 heavy (non-hydrogen) atoms. The maximum atomic E-state index is 11.6. The molecule has 1 aromatic carbocycles. The quantitative estimate of drug-likeness (QED) is 0.793. The molecule has 1 rings (SSSR count). The highest BCUT2D eigenvalue weighted by Crippen LogP contribution is 2.15. The molecule has 0 aliphatic carbocycles. The van der Waals surface area contributed by atoms with E-state index < -0.39 is 0 Å². The Morgan fingerprint density at radius 2 is 1.79 bits per heavy atom. The molecule has 0 radical (unpaired) electrons. The summed E-state index contributed by atoms with van der Waals surface area (Å²) in [6.45, 7) is 7.18. The van der Waals surface area contributed by atoms with Gasteiger partial charge in [0.15, 0.2) is 0 Å². The molecule has 0 aliphatic heterocycles. The Morgan fingerprint density at radius 3 is 2.32 bits per heavy atom. The summed E-state index contributed by atoms with van der Waals surface area (Å²) in [6, 6.07) is 8.61. The molecule has 0 saturated carbocycles. The van der Waals surface area contributed by atoms with E-state index in [2.05, 4.69) is 48.7 Å². The number of hydrogen-bond donors (Lipinski definition) is 2. The van der Waals surface area contributed by atoms with Gasteiger partial charge in [0.1, 0.15) is 0 Å². The van der Waals surface area contributed by atoms with Gasteiger partial charge in [-0.1, -0.05) is 38.1 Å². The Morgan fingerprint density at radius 1 is 1.16 bits per heavy atom. The first-order valence-electron chi connectivity index (χ1n) is 7.05. The average Bonchev–Trinajstić information content (AvgIpc) is 2.36. The molecule has 0 fully saturated rings. The minimum absolute atomic E-state index is 0.0671. The van der Waals surface area contributed by atoms with E-state index in [9.17, 15) is 4.79 Å². The number of nitrogens with one attached hydrogen (secondary N) is 2. The molecule has 1 amide bonds. The van der Waals surface area contributed by atoms with Crippen LogP contribution < -0.4 is 10.6 Å². The molecule has 0 aromatic heterocycles. The number of hydrogen-bond acceptors (Lipinski definition) is 2. The van der Waals surface area contributed by atoms with Crippen LogP contribution in [-0.4, -0.2) is 19.5 Å². The fourth-order valence-corrected chi connectivity index (χ4v) is 2.05. The zero-order valence-electron chi connectivity index (χ0n) is 12.5. The predicted octanol–water partition coefficient (Wildman–Crippen LogP) is 2.67. The second-order valence-corrected chi connectivity index (χ2v) is 5.48. The molecule has 1 unspecified atom stereocenters. The summed E-state index contributed by atoms with van der Waals surface area (Å²) in [5.74, 6) is 0.762. The Labute approximate surface area is 116 Å². The lowest BCUT2D eigenvalue weighted by atomic mass is 10.00. The summed E-state index contributed by atoms with van der Waals surface area (Å²) in [5, 5.41) is 5.99. The van der Waals surface area contributed by atoms with E-state index in [1.807, 2.05) is 14.0 Å². The highest BCUT2D eigenvalue weighted by atomic mass is 16.1. The van der Waals surface area contributed by atoms with Gasteiger partial charge in [-0.15, -0.1) is 0 Å². The van der Waals surface area contributed by atoms with Gasteiger partial charge in [-0.05, 0) is 37.4 Å². The van der Waals surface area contributed by atoms with Gasteiger partial charge in [-0.25, -0.2) is 0 Å². The van der Waals surface area contributed by atoms with Crippen molar-refractivity contribution in [3.05, 3.63) is 35.4 Å². The Kier molecular flexibility index (Phi) is 6.57. The first-order valence-corrected chi connectivity index (χ1v) is 7.05. The number of amides is 1. The van der Waals surface area contributed by atoms with Crippen molar-refractivity contribution >= 4 is 5.91 Å². The lowest BCUT2D eigenvalue weighted by Gasteiger charge is -2.15. The highest BCUT2D eigenvalue weighted by Gasteiger charge is 2.09. The molecule has 2 N–H and O–H groups in total. The van der Waals surface area contributed by atoms with E-state index in [1.165, 1.54) is 5.56 Å². The molecule has 0 heterocycles. The highest BCUT2D eigenvalue weighted by molar-refractivity contribution is 5.76. The molecule has 3 heteroatoms. The van der Waals surface area contributed by atoms with E-state index >= 15 is 0 Å². The molecular formula is C16H26N2O. The van der Waals surface area contributed by atoms with Crippen LogP contribution in [0, 0.1) is 5.92 Å². The van der Waals surface area contributed by atoms with Crippen molar-refractivity contribution in [2.75, 3.05) is 13.6 Å². The molecule has 1 atom stereocenters. The molecule has 0 saturated heterocycles. The van der Waals surface area contributed by atoms with Crippen molar-refractivity contribution in [3.63, 3.8) is 0 Å². The van der Waals surface area contributed by atoms with Gasteiger partial charge < -0.3 is 10.6 Å². The SMILES string of the molecule is CNCCC(=O)NC(C)c1ccc(CC(C)C)cc1. The van der Waals surface area contributed by atoms with E-state index in [1.54, 1.807) is 0 Å². The number of benzene rings is 1. The summed E-state index contributed by atoms with van der Waals surface area (Å²) < 4.78 is 0. The molecule has 1 aromatic rings. The molecule has 0 spiro atoms. The second kappa shape index (κ2) is 7.95. The van der Waals surface area contributed by atoms with Crippen LogP contribution in [0.2, 0.25) is 0 Å². The van der Waals surface area contributed by atoms with Crippen molar-refractivity contribution in [1.29, 1.82) is 0 Å². The minimum Gasteiger partial charge on any atom is -0.350 e. The maximum Gasteiger partial charge on any atom is 0.221 e. The van der Waals surface area contributed by atoms with Crippen molar-refractivity contribution < 1.29 is 4.79 Å². The molecule has 0 aliphatic rings. The average molecular weight is 262 g/mol. The van der Waals surface area contributed by atoms with E-state index in [0.717, 1.165) is 12.0 Å². The summed E-state index contributed by atoms with van der Waals surface area (Å²) >= 11 is 0. The number of rotatable bonds is 7. The third-order valence-corrected chi connectivity index (χ3v) is 3.10. The van der Waals surface area contributed by atoms with Crippen molar-refractivity contribution in [3.8, 4) is 0 Å². The monoisotopic (exact) mass is 262 g/mol. The van der Waals surface area contributed by atoms with Crippen molar-refractivity contribution in [2.24, 2.45) is 5.92 Å². The molecular weight excluding hydrogens is 236 g/mol. The van der Waals surface area contributed by atoms with Crippen LogP contribution >= 0.6 is 0 Å². The zero-order chi connectivity index (χ0) is 14.3. The van der Waals surface area contributed by atoms with Gasteiger partial charge in [0.2, 0.25) is 5.91 Å². The first-order chi connectivity index (χ1) is 9.02. The third kappa shape index (κ3) is 5.88. The number of carbonyl (C=O) groups excluding carboxylic acids is 1. The van der Waals surface area contributed by atoms with Gasteiger partial charge >= 0.3 is 0 Å². The lowest BCUT2D eigenvalue weighted by Crippen LogP contribution is -2.29. The Balaban J connectivity index is 2.52. The minimum atomic E-state index is 0.0671. The van der Waals surface area contributed by atoms with Crippen LogP contribution in [0.1, 0.15) is 44.4 Å². The van der Waals surface area contributed by atoms with Crippen LogP contribution in [0.3, 0.4) is 0 Å². The van der Waals surface area contributed by atoms with Gasteiger partial charge in [0, 0.05) is 13.0 Å². The fourth-order valence-electron chi connectivity index (χ4n) is 2.05. The second-order valence-electron chi connectivity index (χ2n) is 5.48. The van der Waals surface area contributed by atoms with Crippen LogP contribution in [0.25, 0.3) is 0 Å². The fraction of sp³-hybridized carbons (Fsp3) is 0.562. The molecule has 106 valence electrons. The Bertz CT molecular complexity index is 384. The van der Waals surface area contributed by atoms with Gasteiger partial charge in [-0.3, -0.25) is 4.79 Å². The Hall–Kier alpha value is -1.35. The lowest BCUT2D eigenvalue weighted by molar-refractivity contribution is -0.121. The van der Waals surface area contributed by atoms with Crippen LogP contribution in [-0.2, 0) is 11.2 Å². The van der Waals surface area contributed by atoms with Gasteiger partial charge in [-0.2, -0.15) is 0 Å². The maximum absolute atomic E-state index is 11.6. The largest absolute Gasteiger partial charge is 0.350 e. The van der Waals surface area contributed by atoms with E-state index in [0.29, 0.717) is 18.9 Å². The van der Waals surface area contributed by atoms with Crippen LogP contribution in [0.15, 0.2) is 24.3 Å². The normalized spacial score (nSPS) is 12.5. The summed E-state index contributed by atoms with van der Waals surface area (Å²) in [5.41, 5.74) is 2.51. The van der Waals surface area contributed by atoms with E-state index in [4.69, 9.17) is 0 Å². The van der Waals surface area contributed by atoms with Crippen molar-refractivity contribution in [1.82, 2.24) is 10.6 Å². The van der Waals surface area contributed by atoms with Crippen LogP contribution in [0.5, 0.6) is 0 Å². The number of carbonyl (C=O) groups is 1. The van der Waals surface area contributed by atoms with Gasteiger partial charge in [0.25, 0.3) is 0 Å². The molecule has 0 bridgehead atoms. The third-order valence-electron chi connectivity index (χ3n) is 3.10. The predicted molar refractivity (Wildman–Crippen MR) is 80.1 cm³/mol. The van der Waals surface area contributed by atoms with Crippen molar-refractivity contribution in [2.45, 2.75) is 39.7 Å². The summed E-state index contributed by atoms with van der Waals surface area (Å²) in [6.07, 6.45) is 1.62. The smallest absolute Gasteiger partial charge is 0.221 e. The zero-order valence-corrected chi connectivity index (χ0v) is 12.5. The summed E-state index contributed by atoms with van der Waals surface area (Å²) in [4.78, 5) is 11.6. The standard InChI is InChI=1S/C16H26N2O/c1-12(2)11-14-5-7-15(8-6-14)13(3)18-16(19)9-10-17-4/h5-8,12-13,17H,9-11H2,1-4H3,(H,18,19). The first kappa shape index (κ1) is 15.7. The van der Waals surface area contributed by atoms with Crippen LogP contribution in [0.4, 0.5) is 0 Å². The topological polar surface area (TPSA) is 41.1 Å². The van der Waals surface area contributed by atoms with Gasteiger partial charge in [0.05, 0.1) is 6.04 Å². The summed E-state index contributed by atoms with van der Waals surface area (Å²) in [7, 11) is 1.85.